The van der Waals surface area contributed by atoms with Crippen molar-refractivity contribution in [2.24, 2.45) is 0 Å². The molecular formula is C20H28O3. The van der Waals surface area contributed by atoms with Crippen LogP contribution in [-0.4, -0.2) is 19.2 Å². The largest absolute Gasteiger partial charge is 0.497 e. The molecule has 0 spiro atoms. The molecule has 1 aliphatic carbocycles. The van der Waals surface area contributed by atoms with Crippen LogP contribution in [0.15, 0.2) is 36.4 Å². The summed E-state index contributed by atoms with van der Waals surface area (Å²) < 4.78 is 10.8. The third-order valence-electron chi connectivity index (χ3n) is 4.29. The quantitative estimate of drug-likeness (QED) is 0.560. The van der Waals surface area contributed by atoms with E-state index in [4.69, 9.17) is 9.47 Å². The summed E-state index contributed by atoms with van der Waals surface area (Å²) in [6, 6.07) is 7.07. The van der Waals surface area contributed by atoms with E-state index in [1.54, 1.807) is 31.4 Å². The van der Waals surface area contributed by atoms with Crippen molar-refractivity contribution in [3.63, 3.8) is 0 Å². The number of esters is 1. The summed E-state index contributed by atoms with van der Waals surface area (Å²) in [5.74, 6) is 0.488. The highest BCUT2D eigenvalue weighted by Crippen LogP contribution is 2.17. The molecule has 1 aromatic carbocycles. The minimum Gasteiger partial charge on any atom is -0.497 e. The molecule has 0 fully saturated rings. The lowest BCUT2D eigenvalue weighted by atomic mass is 10.0. The number of rotatable bonds is 3. The van der Waals surface area contributed by atoms with E-state index in [0.29, 0.717) is 5.56 Å². The van der Waals surface area contributed by atoms with E-state index in [1.807, 2.05) is 0 Å². The first-order valence-corrected chi connectivity index (χ1v) is 8.81. The molecule has 0 radical (unpaired) electrons. The summed E-state index contributed by atoms with van der Waals surface area (Å²) in [6.07, 6.45) is 15.0. The van der Waals surface area contributed by atoms with E-state index in [2.05, 4.69) is 12.2 Å². The predicted molar refractivity (Wildman–Crippen MR) is 92.9 cm³/mol. The van der Waals surface area contributed by atoms with Gasteiger partial charge in [0.25, 0.3) is 0 Å². The zero-order valence-corrected chi connectivity index (χ0v) is 14.1. The summed E-state index contributed by atoms with van der Waals surface area (Å²) in [5, 5.41) is 0. The van der Waals surface area contributed by atoms with Crippen LogP contribution in [0.2, 0.25) is 0 Å². The van der Waals surface area contributed by atoms with Crippen molar-refractivity contribution >= 4 is 5.97 Å². The highest BCUT2D eigenvalue weighted by Gasteiger charge is 2.14. The molecule has 0 saturated heterocycles. The van der Waals surface area contributed by atoms with E-state index in [1.165, 1.54) is 38.5 Å². The van der Waals surface area contributed by atoms with Crippen LogP contribution in [0, 0.1) is 0 Å². The summed E-state index contributed by atoms with van der Waals surface area (Å²) >= 11 is 0. The van der Waals surface area contributed by atoms with Crippen LogP contribution in [-0.2, 0) is 4.74 Å². The molecule has 0 amide bonds. The monoisotopic (exact) mass is 316 g/mol. The number of hydrogen-bond acceptors (Lipinski definition) is 3. The molecule has 2 rings (SSSR count). The van der Waals surface area contributed by atoms with Gasteiger partial charge in [0.15, 0.2) is 0 Å². The third kappa shape index (κ3) is 6.47. The van der Waals surface area contributed by atoms with Crippen LogP contribution in [0.3, 0.4) is 0 Å². The van der Waals surface area contributed by atoms with Gasteiger partial charge in [0.2, 0.25) is 0 Å². The number of carbonyl (C=O) groups excluding carboxylic acids is 1. The zero-order chi connectivity index (χ0) is 16.3. The molecule has 0 aromatic heterocycles. The van der Waals surface area contributed by atoms with Gasteiger partial charge in [0.1, 0.15) is 11.9 Å². The highest BCUT2D eigenvalue weighted by molar-refractivity contribution is 5.89. The molecule has 0 saturated carbocycles. The van der Waals surface area contributed by atoms with Gasteiger partial charge in [-0.3, -0.25) is 0 Å². The van der Waals surface area contributed by atoms with Crippen LogP contribution < -0.4 is 4.74 Å². The summed E-state index contributed by atoms with van der Waals surface area (Å²) in [5.41, 5.74) is 0.574. The number of methoxy groups -OCH3 is 1. The van der Waals surface area contributed by atoms with Crippen molar-refractivity contribution in [3.8, 4) is 5.75 Å². The van der Waals surface area contributed by atoms with Gasteiger partial charge in [0, 0.05) is 0 Å². The number of carbonyl (C=O) groups is 1. The molecule has 0 N–H and O–H groups in total. The molecule has 0 heterocycles. The predicted octanol–water partition coefficient (Wildman–Crippen LogP) is 5.30. The summed E-state index contributed by atoms with van der Waals surface area (Å²) in [7, 11) is 1.61. The van der Waals surface area contributed by atoms with Gasteiger partial charge in [-0.25, -0.2) is 4.79 Å². The molecule has 1 atom stereocenters. The Hall–Kier alpha value is -1.77. The Morgan fingerprint density at radius 1 is 0.957 bits per heavy atom. The Labute approximate surface area is 139 Å². The maximum atomic E-state index is 12.3. The molecule has 1 aromatic rings. The van der Waals surface area contributed by atoms with Crippen LogP contribution in [0.5, 0.6) is 5.75 Å². The van der Waals surface area contributed by atoms with Crippen LogP contribution in [0.1, 0.15) is 68.1 Å². The lowest BCUT2D eigenvalue weighted by Gasteiger charge is -2.15. The first-order chi connectivity index (χ1) is 11.3. The van der Waals surface area contributed by atoms with Gasteiger partial charge in [-0.1, -0.05) is 38.2 Å². The van der Waals surface area contributed by atoms with Crippen molar-refractivity contribution < 1.29 is 14.3 Å². The van der Waals surface area contributed by atoms with Gasteiger partial charge < -0.3 is 9.47 Å². The normalized spacial score (nSPS) is 21.5. The molecule has 0 bridgehead atoms. The van der Waals surface area contributed by atoms with Crippen molar-refractivity contribution in [2.45, 2.75) is 63.9 Å². The zero-order valence-electron chi connectivity index (χ0n) is 14.1. The molecule has 3 heteroatoms. The Balaban J connectivity index is 1.92. The van der Waals surface area contributed by atoms with Gasteiger partial charge in [-0.2, -0.15) is 0 Å². The maximum absolute atomic E-state index is 12.3. The van der Waals surface area contributed by atoms with E-state index in [-0.39, 0.29) is 12.1 Å². The van der Waals surface area contributed by atoms with Crippen LogP contribution in [0.4, 0.5) is 0 Å². The molecule has 1 aliphatic rings. The standard InChI is InChI=1S/C20H28O3/c1-22-18-15-13-17(14-16-18)20(21)23-19-11-9-7-5-3-2-4-6-8-10-12-19/h9,11,13-16,19H,2-8,10,12H2,1H3/b11-9+/t19-/m1/s1. The molecule has 0 aliphatic heterocycles. The second-order valence-corrected chi connectivity index (χ2v) is 6.15. The van der Waals surface area contributed by atoms with E-state index < -0.39 is 0 Å². The topological polar surface area (TPSA) is 35.5 Å². The van der Waals surface area contributed by atoms with E-state index >= 15 is 0 Å². The Bertz CT molecular complexity index is 490. The van der Waals surface area contributed by atoms with Crippen LogP contribution in [0.25, 0.3) is 0 Å². The lowest BCUT2D eigenvalue weighted by Crippen LogP contribution is -2.16. The Morgan fingerprint density at radius 3 is 2.30 bits per heavy atom. The fraction of sp³-hybridized carbons (Fsp3) is 0.550. The average Bonchev–Trinajstić information content (AvgIpc) is 2.57. The van der Waals surface area contributed by atoms with Crippen molar-refractivity contribution in [3.05, 3.63) is 42.0 Å². The highest BCUT2D eigenvalue weighted by atomic mass is 16.5. The molecular weight excluding hydrogens is 288 g/mol. The first-order valence-electron chi connectivity index (χ1n) is 8.81. The number of hydrogen-bond donors (Lipinski definition) is 0. The number of ether oxygens (including phenoxy) is 2. The Kier molecular flexibility index (Phi) is 7.71. The fourth-order valence-electron chi connectivity index (χ4n) is 2.87. The second-order valence-electron chi connectivity index (χ2n) is 6.15. The minimum absolute atomic E-state index is 0.107. The van der Waals surface area contributed by atoms with Gasteiger partial charge in [-0.05, 0) is 56.0 Å². The fourth-order valence-corrected chi connectivity index (χ4v) is 2.87. The van der Waals surface area contributed by atoms with Gasteiger partial charge in [-0.15, -0.1) is 0 Å². The van der Waals surface area contributed by atoms with Gasteiger partial charge in [0.05, 0.1) is 12.7 Å². The smallest absolute Gasteiger partial charge is 0.338 e. The van der Waals surface area contributed by atoms with E-state index in [9.17, 15) is 4.79 Å². The SMILES string of the molecule is COc1ccc(C(=O)O[C@@H]2/C=C/CCCCCCCCC2)cc1. The van der Waals surface area contributed by atoms with E-state index in [0.717, 1.165) is 25.0 Å². The first kappa shape index (κ1) is 17.6. The summed E-state index contributed by atoms with van der Waals surface area (Å²) in [6.45, 7) is 0. The number of allylic oxidation sites excluding steroid dienone is 1. The second kappa shape index (κ2) is 10.1. The van der Waals surface area contributed by atoms with Crippen molar-refractivity contribution in [1.82, 2.24) is 0 Å². The third-order valence-corrected chi connectivity index (χ3v) is 4.29. The Morgan fingerprint density at radius 2 is 1.61 bits per heavy atom. The number of benzene rings is 1. The van der Waals surface area contributed by atoms with Crippen molar-refractivity contribution in [2.75, 3.05) is 7.11 Å². The minimum atomic E-state index is -0.255. The van der Waals surface area contributed by atoms with Gasteiger partial charge >= 0.3 is 5.97 Å². The molecule has 3 nitrogen and oxygen atoms in total. The van der Waals surface area contributed by atoms with Crippen molar-refractivity contribution in [1.29, 1.82) is 0 Å². The molecule has 126 valence electrons. The lowest BCUT2D eigenvalue weighted by molar-refractivity contribution is 0.0375. The molecule has 23 heavy (non-hydrogen) atoms. The average molecular weight is 316 g/mol. The molecule has 0 unspecified atom stereocenters. The summed E-state index contributed by atoms with van der Waals surface area (Å²) in [4.78, 5) is 12.3. The van der Waals surface area contributed by atoms with Crippen LogP contribution >= 0.6 is 0 Å². The maximum Gasteiger partial charge on any atom is 0.338 e.